The van der Waals surface area contributed by atoms with Crippen molar-refractivity contribution in [3.63, 3.8) is 0 Å². The first-order valence-electron chi connectivity index (χ1n) is 17.2. The van der Waals surface area contributed by atoms with Gasteiger partial charge in [-0.15, -0.1) is 0 Å². The first kappa shape index (κ1) is 29.0. The maximum Gasteiger partial charge on any atom is 0.164 e. The average molecular weight is 651 g/mol. The van der Waals surface area contributed by atoms with Gasteiger partial charge in [0.15, 0.2) is 17.5 Å². The largest absolute Gasteiger partial charge is 0.309 e. The molecular formula is C47H30N4. The number of aromatic nitrogens is 3. The van der Waals surface area contributed by atoms with Gasteiger partial charge in [-0.3, -0.25) is 0 Å². The van der Waals surface area contributed by atoms with Crippen LogP contribution in [0.4, 0.5) is 17.1 Å². The standard InChI is InChI=1S/C47H30N4/c1-3-17-35-31(13-1)15-11-23-41(35)46-48-45(49-47(50-46)42-24-12-16-32-14-2-4-18-36(32)42)33-27-29-34(30-28-33)51-43-25-9-7-21-39(43)37-19-5-6-20-38(37)40-22-8-10-26-44(40)51/h1-30H. The molecule has 1 aliphatic heterocycles. The Kier molecular flexibility index (Phi) is 6.78. The fourth-order valence-corrected chi connectivity index (χ4v) is 7.50. The molecule has 0 fully saturated rings. The number of hydrogen-bond donors (Lipinski definition) is 0. The van der Waals surface area contributed by atoms with Gasteiger partial charge in [0.1, 0.15) is 0 Å². The summed E-state index contributed by atoms with van der Waals surface area (Å²) in [6.45, 7) is 0. The van der Waals surface area contributed by atoms with Crippen LogP contribution in [0.1, 0.15) is 0 Å². The van der Waals surface area contributed by atoms with Crippen molar-refractivity contribution in [2.75, 3.05) is 4.90 Å². The Hall–Kier alpha value is -6.91. The maximum absolute atomic E-state index is 5.15. The Morgan fingerprint density at radius 2 is 0.686 bits per heavy atom. The lowest BCUT2D eigenvalue weighted by Gasteiger charge is -2.27. The molecule has 8 aromatic carbocycles. The Morgan fingerprint density at radius 3 is 1.22 bits per heavy atom. The first-order chi connectivity index (χ1) is 25.3. The van der Waals surface area contributed by atoms with Crippen LogP contribution in [0.25, 0.3) is 78.0 Å². The van der Waals surface area contributed by atoms with E-state index in [9.17, 15) is 0 Å². The summed E-state index contributed by atoms with van der Waals surface area (Å²) in [5.41, 5.74) is 11.1. The summed E-state index contributed by atoms with van der Waals surface area (Å²) in [6.07, 6.45) is 0. The third-order valence-electron chi connectivity index (χ3n) is 9.88. The normalized spacial score (nSPS) is 11.9. The Bertz CT molecular complexity index is 2590. The zero-order valence-electron chi connectivity index (χ0n) is 27.6. The van der Waals surface area contributed by atoms with Gasteiger partial charge in [0.25, 0.3) is 0 Å². The molecule has 0 amide bonds. The van der Waals surface area contributed by atoms with Crippen LogP contribution in [0.15, 0.2) is 182 Å². The lowest BCUT2D eigenvalue weighted by molar-refractivity contribution is 1.08. The van der Waals surface area contributed by atoms with Gasteiger partial charge in [0.05, 0.1) is 11.4 Å². The van der Waals surface area contributed by atoms with Crippen molar-refractivity contribution in [1.82, 2.24) is 15.0 Å². The predicted molar refractivity (Wildman–Crippen MR) is 210 cm³/mol. The van der Waals surface area contributed by atoms with E-state index < -0.39 is 0 Å². The molecule has 0 aliphatic carbocycles. The van der Waals surface area contributed by atoms with Crippen molar-refractivity contribution in [3.8, 4) is 56.4 Å². The van der Waals surface area contributed by atoms with Crippen LogP contribution in [0.2, 0.25) is 0 Å². The third-order valence-corrected chi connectivity index (χ3v) is 9.88. The zero-order chi connectivity index (χ0) is 33.7. The van der Waals surface area contributed by atoms with E-state index in [4.69, 9.17) is 15.0 Å². The number of anilines is 3. The highest BCUT2D eigenvalue weighted by Crippen LogP contribution is 2.50. The van der Waals surface area contributed by atoms with Gasteiger partial charge < -0.3 is 4.90 Å². The summed E-state index contributed by atoms with van der Waals surface area (Å²) in [5, 5.41) is 4.51. The van der Waals surface area contributed by atoms with Crippen molar-refractivity contribution in [2.24, 2.45) is 0 Å². The summed E-state index contributed by atoms with van der Waals surface area (Å²) < 4.78 is 0. The van der Waals surface area contributed by atoms with Gasteiger partial charge in [-0.05, 0) is 69.1 Å². The Morgan fingerprint density at radius 1 is 0.294 bits per heavy atom. The molecule has 0 N–H and O–H groups in total. The van der Waals surface area contributed by atoms with E-state index in [-0.39, 0.29) is 0 Å². The summed E-state index contributed by atoms with van der Waals surface area (Å²) in [7, 11) is 0. The minimum absolute atomic E-state index is 0.631. The fourth-order valence-electron chi connectivity index (χ4n) is 7.50. The quantitative estimate of drug-likeness (QED) is 0.190. The highest BCUT2D eigenvalue weighted by molar-refractivity contribution is 6.02. The van der Waals surface area contributed by atoms with Crippen molar-refractivity contribution in [1.29, 1.82) is 0 Å². The maximum atomic E-state index is 5.15. The minimum atomic E-state index is 0.631. The van der Waals surface area contributed by atoms with E-state index in [1.54, 1.807) is 0 Å². The Labute approximate surface area is 296 Å². The first-order valence-corrected chi connectivity index (χ1v) is 17.2. The molecule has 4 heteroatoms. The van der Waals surface area contributed by atoms with Gasteiger partial charge in [0, 0.05) is 33.5 Å². The number of hydrogen-bond acceptors (Lipinski definition) is 4. The Balaban J connectivity index is 1.15. The molecule has 238 valence electrons. The number of para-hydroxylation sites is 2. The van der Waals surface area contributed by atoms with Crippen LogP contribution >= 0.6 is 0 Å². The molecule has 51 heavy (non-hydrogen) atoms. The van der Waals surface area contributed by atoms with Crippen LogP contribution < -0.4 is 4.90 Å². The molecule has 10 rings (SSSR count). The van der Waals surface area contributed by atoms with E-state index in [0.29, 0.717) is 17.5 Å². The highest BCUT2D eigenvalue weighted by Gasteiger charge is 2.25. The molecular weight excluding hydrogens is 621 g/mol. The number of benzene rings is 8. The summed E-state index contributed by atoms with van der Waals surface area (Å²) in [6, 6.07) is 64.0. The molecule has 4 nitrogen and oxygen atoms in total. The van der Waals surface area contributed by atoms with Gasteiger partial charge in [-0.2, -0.15) is 0 Å². The zero-order valence-corrected chi connectivity index (χ0v) is 27.6. The van der Waals surface area contributed by atoms with Crippen LogP contribution in [0.5, 0.6) is 0 Å². The van der Waals surface area contributed by atoms with Gasteiger partial charge in [0.2, 0.25) is 0 Å². The molecule has 0 saturated heterocycles. The summed E-state index contributed by atoms with van der Waals surface area (Å²) in [5.74, 6) is 1.93. The number of rotatable bonds is 4. The lowest BCUT2D eigenvalue weighted by atomic mass is 9.95. The SMILES string of the molecule is c1ccc2c(c1)-c1ccccc1N(c1ccc(-c3nc(-c4cccc5ccccc45)nc(-c4cccc5ccccc45)n3)cc1)c1ccccc1-2. The molecule has 0 spiro atoms. The van der Waals surface area contributed by atoms with E-state index in [0.717, 1.165) is 55.3 Å². The summed E-state index contributed by atoms with van der Waals surface area (Å²) >= 11 is 0. The van der Waals surface area contributed by atoms with Crippen molar-refractivity contribution in [3.05, 3.63) is 182 Å². The van der Waals surface area contributed by atoms with Crippen molar-refractivity contribution >= 4 is 38.6 Å². The van der Waals surface area contributed by atoms with Crippen LogP contribution in [0.3, 0.4) is 0 Å². The molecule has 1 aliphatic rings. The van der Waals surface area contributed by atoms with E-state index >= 15 is 0 Å². The molecule has 0 radical (unpaired) electrons. The van der Waals surface area contributed by atoms with E-state index in [1.807, 2.05) is 0 Å². The number of nitrogens with zero attached hydrogens (tertiary/aromatic N) is 4. The third kappa shape index (κ3) is 4.88. The van der Waals surface area contributed by atoms with E-state index in [2.05, 4.69) is 187 Å². The minimum Gasteiger partial charge on any atom is -0.309 e. The highest BCUT2D eigenvalue weighted by atomic mass is 15.1. The molecule has 9 aromatic rings. The van der Waals surface area contributed by atoms with Crippen LogP contribution in [0, 0.1) is 0 Å². The monoisotopic (exact) mass is 650 g/mol. The fraction of sp³-hybridized carbons (Fsp3) is 0. The van der Waals surface area contributed by atoms with Gasteiger partial charge in [-0.1, -0.05) is 146 Å². The number of fused-ring (bicyclic) bond motifs is 7. The smallest absolute Gasteiger partial charge is 0.164 e. The van der Waals surface area contributed by atoms with Crippen LogP contribution in [-0.2, 0) is 0 Å². The summed E-state index contributed by atoms with van der Waals surface area (Å²) in [4.78, 5) is 17.8. The lowest BCUT2D eigenvalue weighted by Crippen LogP contribution is -2.10. The second-order valence-corrected chi connectivity index (χ2v) is 12.8. The van der Waals surface area contributed by atoms with Gasteiger partial charge in [-0.25, -0.2) is 15.0 Å². The molecule has 0 unspecified atom stereocenters. The molecule has 0 atom stereocenters. The second-order valence-electron chi connectivity index (χ2n) is 12.8. The molecule has 0 saturated carbocycles. The topological polar surface area (TPSA) is 41.9 Å². The van der Waals surface area contributed by atoms with Crippen LogP contribution in [-0.4, -0.2) is 15.0 Å². The van der Waals surface area contributed by atoms with Gasteiger partial charge >= 0.3 is 0 Å². The van der Waals surface area contributed by atoms with E-state index in [1.165, 1.54) is 22.3 Å². The van der Waals surface area contributed by atoms with Crippen molar-refractivity contribution in [2.45, 2.75) is 0 Å². The molecule has 2 heterocycles. The van der Waals surface area contributed by atoms with Crippen molar-refractivity contribution < 1.29 is 0 Å². The predicted octanol–water partition coefficient (Wildman–Crippen LogP) is 12.3. The average Bonchev–Trinajstić information content (AvgIpc) is 3.33. The molecule has 1 aromatic heterocycles. The second kappa shape index (κ2) is 11.9. The molecule has 0 bridgehead atoms.